The summed E-state index contributed by atoms with van der Waals surface area (Å²) in [4.78, 5) is -0.761. The Morgan fingerprint density at radius 2 is 1.53 bits per heavy atom. The van der Waals surface area contributed by atoms with Crippen LogP contribution in [0.1, 0.15) is 0 Å². The van der Waals surface area contributed by atoms with Gasteiger partial charge in [-0.05, 0) is 35.7 Å². The molecule has 0 aliphatic rings. The van der Waals surface area contributed by atoms with Gasteiger partial charge >= 0.3 is 0 Å². The van der Waals surface area contributed by atoms with Gasteiger partial charge in [0.25, 0.3) is 0 Å². The van der Waals surface area contributed by atoms with Gasteiger partial charge in [0, 0.05) is 5.39 Å². The predicted octanol–water partition coefficient (Wildman–Crippen LogP) is -0.160. The fourth-order valence-corrected chi connectivity index (χ4v) is 3.13. The van der Waals surface area contributed by atoms with E-state index in [2.05, 4.69) is 0 Å². The van der Waals surface area contributed by atoms with Gasteiger partial charge in [0.2, 0.25) is 20.0 Å². The molecule has 0 aromatic heterocycles. The number of aromatic hydroxyl groups is 1. The molecule has 19 heavy (non-hydrogen) atoms. The molecule has 9 heteroatoms. The van der Waals surface area contributed by atoms with Crippen molar-refractivity contribution in [3.05, 3.63) is 30.3 Å². The summed E-state index contributed by atoms with van der Waals surface area (Å²) in [6.07, 6.45) is 0. The molecule has 2 aromatic carbocycles. The molecule has 0 atom stereocenters. The van der Waals surface area contributed by atoms with Gasteiger partial charge in [0.05, 0.1) is 9.79 Å². The smallest absolute Gasteiger partial charge is 0.238 e. The van der Waals surface area contributed by atoms with Crippen LogP contribution in [-0.2, 0) is 20.0 Å². The molecule has 7 nitrogen and oxygen atoms in total. The molecule has 0 unspecified atom stereocenters. The SMILES string of the molecule is NS(=O)(=O)c1cc(S(N)(=O)=O)c2ccc(O)cc2c1. The number of hydrogen-bond acceptors (Lipinski definition) is 5. The minimum absolute atomic E-state index is 0.139. The minimum atomic E-state index is -4.13. The van der Waals surface area contributed by atoms with Gasteiger partial charge in [-0.2, -0.15) is 0 Å². The van der Waals surface area contributed by atoms with Gasteiger partial charge in [0.1, 0.15) is 5.75 Å². The topological polar surface area (TPSA) is 141 Å². The van der Waals surface area contributed by atoms with E-state index in [9.17, 15) is 21.9 Å². The molecule has 0 aliphatic carbocycles. The van der Waals surface area contributed by atoms with Crippen molar-refractivity contribution in [2.75, 3.05) is 0 Å². The summed E-state index contributed by atoms with van der Waals surface area (Å²) in [5.41, 5.74) is 0. The van der Waals surface area contributed by atoms with Crippen LogP contribution in [0.25, 0.3) is 10.8 Å². The molecule has 5 N–H and O–H groups in total. The molecule has 0 bridgehead atoms. The molecule has 0 heterocycles. The molecule has 2 aromatic rings. The van der Waals surface area contributed by atoms with E-state index in [1.807, 2.05) is 0 Å². The number of fused-ring (bicyclic) bond motifs is 1. The fourth-order valence-electron chi connectivity index (χ4n) is 1.70. The first-order valence-corrected chi connectivity index (χ1v) is 8.01. The second-order valence-electron chi connectivity index (χ2n) is 3.92. The van der Waals surface area contributed by atoms with Gasteiger partial charge in [-0.15, -0.1) is 0 Å². The highest BCUT2D eigenvalue weighted by Gasteiger charge is 2.18. The molecule has 2 rings (SSSR count). The minimum Gasteiger partial charge on any atom is -0.508 e. The Morgan fingerprint density at radius 1 is 0.895 bits per heavy atom. The summed E-state index contributed by atoms with van der Waals surface area (Å²) in [6, 6.07) is 5.88. The van der Waals surface area contributed by atoms with E-state index in [4.69, 9.17) is 10.3 Å². The van der Waals surface area contributed by atoms with Crippen LogP contribution in [0.4, 0.5) is 0 Å². The van der Waals surface area contributed by atoms with Crippen molar-refractivity contribution in [2.45, 2.75) is 9.79 Å². The van der Waals surface area contributed by atoms with Gasteiger partial charge in [-0.3, -0.25) is 0 Å². The zero-order chi connectivity index (χ0) is 14.4. The largest absolute Gasteiger partial charge is 0.508 e. The number of rotatable bonds is 2. The van der Waals surface area contributed by atoms with E-state index in [1.54, 1.807) is 0 Å². The molecule has 0 aliphatic heterocycles. The normalized spacial score (nSPS) is 12.7. The average molecular weight is 302 g/mol. The third-order valence-corrected chi connectivity index (χ3v) is 4.35. The maximum absolute atomic E-state index is 11.5. The Balaban J connectivity index is 3.01. The van der Waals surface area contributed by atoms with E-state index in [1.165, 1.54) is 24.3 Å². The summed E-state index contributed by atoms with van der Waals surface area (Å²) in [5, 5.41) is 19.8. The van der Waals surface area contributed by atoms with E-state index < -0.39 is 24.9 Å². The Kier molecular flexibility index (Phi) is 3.01. The summed E-state index contributed by atoms with van der Waals surface area (Å²) in [6.45, 7) is 0. The third kappa shape index (κ3) is 2.68. The highest BCUT2D eigenvalue weighted by atomic mass is 32.2. The predicted molar refractivity (Wildman–Crippen MR) is 68.4 cm³/mol. The zero-order valence-electron chi connectivity index (χ0n) is 9.44. The number of phenols is 1. The lowest BCUT2D eigenvalue weighted by Crippen LogP contribution is -2.16. The standard InChI is InChI=1S/C10H10N2O5S2/c11-18(14,15)8-4-6-3-7(13)1-2-9(6)10(5-8)19(12,16)17/h1-5,13H,(H2,11,14,15)(H2,12,16,17). The number of benzene rings is 2. The molecule has 0 amide bonds. The summed E-state index contributed by atoms with van der Waals surface area (Å²) >= 11 is 0. The first-order chi connectivity index (χ1) is 8.59. The molecule has 102 valence electrons. The lowest BCUT2D eigenvalue weighted by Gasteiger charge is -2.08. The van der Waals surface area contributed by atoms with Crippen LogP contribution in [0.2, 0.25) is 0 Å². The van der Waals surface area contributed by atoms with Gasteiger partial charge in [0.15, 0.2) is 0 Å². The summed E-state index contributed by atoms with van der Waals surface area (Å²) in [5.74, 6) is -0.139. The Labute approximate surface area is 109 Å². The van der Waals surface area contributed by atoms with Crippen molar-refractivity contribution < 1.29 is 21.9 Å². The van der Waals surface area contributed by atoms with Gasteiger partial charge in [-0.25, -0.2) is 27.1 Å². The molecule has 0 spiro atoms. The van der Waals surface area contributed by atoms with Crippen LogP contribution < -0.4 is 10.3 Å². The van der Waals surface area contributed by atoms with Crippen molar-refractivity contribution in [1.82, 2.24) is 0 Å². The van der Waals surface area contributed by atoms with Gasteiger partial charge in [-0.1, -0.05) is 0 Å². The number of sulfonamides is 2. The Morgan fingerprint density at radius 3 is 2.05 bits per heavy atom. The van der Waals surface area contributed by atoms with Crippen molar-refractivity contribution in [3.8, 4) is 5.75 Å². The molecule has 0 radical (unpaired) electrons. The molecule has 0 saturated heterocycles. The highest BCUT2D eigenvalue weighted by molar-refractivity contribution is 7.90. The zero-order valence-corrected chi connectivity index (χ0v) is 11.1. The average Bonchev–Trinajstić information content (AvgIpc) is 2.24. The second kappa shape index (κ2) is 4.17. The number of phenolic OH excluding ortho intramolecular Hbond substituents is 1. The van der Waals surface area contributed by atoms with Crippen LogP contribution in [0.5, 0.6) is 5.75 Å². The highest BCUT2D eigenvalue weighted by Crippen LogP contribution is 2.28. The fraction of sp³-hybridized carbons (Fsp3) is 0. The van der Waals surface area contributed by atoms with Crippen molar-refractivity contribution in [3.63, 3.8) is 0 Å². The second-order valence-corrected chi connectivity index (χ2v) is 7.01. The Bertz CT molecular complexity index is 872. The number of hydrogen-bond donors (Lipinski definition) is 3. The number of primary sulfonamides is 2. The Hall–Kier alpha value is -1.68. The van der Waals surface area contributed by atoms with E-state index >= 15 is 0 Å². The van der Waals surface area contributed by atoms with E-state index in [0.29, 0.717) is 0 Å². The summed E-state index contributed by atoms with van der Waals surface area (Å²) in [7, 11) is -8.22. The van der Waals surface area contributed by atoms with Crippen LogP contribution in [0.3, 0.4) is 0 Å². The van der Waals surface area contributed by atoms with Crippen molar-refractivity contribution in [1.29, 1.82) is 0 Å². The van der Waals surface area contributed by atoms with E-state index in [-0.39, 0.29) is 21.4 Å². The van der Waals surface area contributed by atoms with Crippen molar-refractivity contribution >= 4 is 30.8 Å². The number of nitrogens with two attached hydrogens (primary N) is 2. The maximum atomic E-state index is 11.5. The first kappa shape index (κ1) is 13.7. The molecular formula is C10H10N2O5S2. The van der Waals surface area contributed by atoms with E-state index in [0.717, 1.165) is 6.07 Å². The maximum Gasteiger partial charge on any atom is 0.238 e. The monoisotopic (exact) mass is 302 g/mol. The summed E-state index contributed by atoms with van der Waals surface area (Å²) < 4.78 is 45.6. The van der Waals surface area contributed by atoms with Crippen LogP contribution in [-0.4, -0.2) is 21.9 Å². The van der Waals surface area contributed by atoms with Crippen LogP contribution in [0.15, 0.2) is 40.1 Å². The first-order valence-electron chi connectivity index (χ1n) is 4.91. The van der Waals surface area contributed by atoms with Crippen molar-refractivity contribution in [2.24, 2.45) is 10.3 Å². The molecule has 0 fully saturated rings. The lowest BCUT2D eigenvalue weighted by atomic mass is 10.1. The third-order valence-electron chi connectivity index (χ3n) is 2.51. The quantitative estimate of drug-likeness (QED) is 0.707. The van der Waals surface area contributed by atoms with Crippen LogP contribution in [0, 0.1) is 0 Å². The molecular weight excluding hydrogens is 292 g/mol. The van der Waals surface area contributed by atoms with Gasteiger partial charge < -0.3 is 5.11 Å². The lowest BCUT2D eigenvalue weighted by molar-refractivity contribution is 0.476. The molecule has 0 saturated carbocycles. The van der Waals surface area contributed by atoms with Crippen LogP contribution >= 0.6 is 0 Å².